The molecule has 110 valence electrons. The molecule has 0 aliphatic rings. The fraction of sp³-hybridized carbons (Fsp3) is 0.278. The first kappa shape index (κ1) is 15.1. The summed E-state index contributed by atoms with van der Waals surface area (Å²) in [7, 11) is 0. The number of aldehydes is 1. The fourth-order valence-corrected chi connectivity index (χ4v) is 1.97. The highest BCUT2D eigenvalue weighted by atomic mass is 16.5. The Bertz CT molecular complexity index is 465. The summed E-state index contributed by atoms with van der Waals surface area (Å²) >= 11 is 0. The highest BCUT2D eigenvalue weighted by Gasteiger charge is 2.08. The van der Waals surface area contributed by atoms with Gasteiger partial charge in [0.25, 0.3) is 0 Å². The lowest BCUT2D eigenvalue weighted by molar-refractivity contribution is -0.111. The summed E-state index contributed by atoms with van der Waals surface area (Å²) in [6.45, 7) is 1.08. The van der Waals surface area contributed by atoms with Crippen molar-refractivity contribution in [2.45, 2.75) is 12.8 Å². The van der Waals surface area contributed by atoms with Gasteiger partial charge in [0.05, 0.1) is 13.2 Å². The molecule has 0 unspecified atom stereocenters. The second-order valence-electron chi connectivity index (χ2n) is 4.80. The molecule has 0 aliphatic carbocycles. The van der Waals surface area contributed by atoms with Crippen molar-refractivity contribution in [2.24, 2.45) is 5.92 Å². The third-order valence-corrected chi connectivity index (χ3v) is 3.19. The maximum absolute atomic E-state index is 11.1. The van der Waals surface area contributed by atoms with Gasteiger partial charge in [-0.25, -0.2) is 0 Å². The molecule has 0 radical (unpaired) electrons. The molecule has 2 aromatic rings. The van der Waals surface area contributed by atoms with Crippen LogP contribution >= 0.6 is 0 Å². The Labute approximate surface area is 125 Å². The zero-order chi connectivity index (χ0) is 14.8. The molecule has 0 N–H and O–H groups in total. The van der Waals surface area contributed by atoms with Gasteiger partial charge in [0, 0.05) is 5.92 Å². The van der Waals surface area contributed by atoms with Crippen molar-refractivity contribution in [3.63, 3.8) is 0 Å². The first-order valence-corrected chi connectivity index (χ1v) is 7.19. The van der Waals surface area contributed by atoms with Crippen LogP contribution in [-0.2, 0) is 4.79 Å². The van der Waals surface area contributed by atoms with Crippen LogP contribution in [-0.4, -0.2) is 19.5 Å². The Kier molecular flexibility index (Phi) is 6.33. The lowest BCUT2D eigenvalue weighted by Gasteiger charge is -2.12. The van der Waals surface area contributed by atoms with Gasteiger partial charge in [-0.05, 0) is 37.1 Å². The molecule has 0 saturated heterocycles. The maximum Gasteiger partial charge on any atom is 0.123 e. The number of hydrogen-bond donors (Lipinski definition) is 0. The largest absolute Gasteiger partial charge is 0.494 e. The minimum atomic E-state index is -0.0302. The van der Waals surface area contributed by atoms with Crippen molar-refractivity contribution in [1.82, 2.24) is 0 Å². The minimum Gasteiger partial charge on any atom is -0.494 e. The van der Waals surface area contributed by atoms with Gasteiger partial charge in [0.15, 0.2) is 0 Å². The monoisotopic (exact) mass is 284 g/mol. The standard InChI is InChI=1S/C18H20O3/c19-15-16(11-13-20-17-7-3-1-4-8-17)12-14-21-18-9-5-2-6-10-18/h1-10,15-16H,11-14H2. The summed E-state index contributed by atoms with van der Waals surface area (Å²) < 4.78 is 11.2. The molecule has 0 bridgehead atoms. The fourth-order valence-electron chi connectivity index (χ4n) is 1.97. The molecule has 2 rings (SSSR count). The van der Waals surface area contributed by atoms with Crippen LogP contribution in [0.2, 0.25) is 0 Å². The SMILES string of the molecule is O=CC(CCOc1ccccc1)CCOc1ccccc1. The molecule has 3 nitrogen and oxygen atoms in total. The van der Waals surface area contributed by atoms with E-state index in [0.717, 1.165) is 17.8 Å². The normalized spacial score (nSPS) is 10.3. The molecular weight excluding hydrogens is 264 g/mol. The summed E-state index contributed by atoms with van der Waals surface area (Å²) in [6, 6.07) is 19.3. The topological polar surface area (TPSA) is 35.5 Å². The second kappa shape index (κ2) is 8.80. The van der Waals surface area contributed by atoms with Gasteiger partial charge in [-0.1, -0.05) is 36.4 Å². The van der Waals surface area contributed by atoms with Crippen LogP contribution in [0, 0.1) is 5.92 Å². The highest BCUT2D eigenvalue weighted by molar-refractivity contribution is 5.53. The lowest BCUT2D eigenvalue weighted by Crippen LogP contribution is -2.12. The molecule has 0 atom stereocenters. The molecule has 0 aliphatic heterocycles. The third kappa shape index (κ3) is 5.69. The highest BCUT2D eigenvalue weighted by Crippen LogP contribution is 2.13. The van der Waals surface area contributed by atoms with Crippen LogP contribution < -0.4 is 9.47 Å². The van der Waals surface area contributed by atoms with Gasteiger partial charge in [-0.15, -0.1) is 0 Å². The molecule has 0 spiro atoms. The van der Waals surface area contributed by atoms with E-state index in [1.165, 1.54) is 0 Å². The Morgan fingerprint density at radius 2 is 1.19 bits per heavy atom. The van der Waals surface area contributed by atoms with Crippen LogP contribution in [0.15, 0.2) is 60.7 Å². The molecule has 0 saturated carbocycles. The smallest absolute Gasteiger partial charge is 0.123 e. The van der Waals surface area contributed by atoms with Crippen molar-refractivity contribution in [1.29, 1.82) is 0 Å². The predicted octanol–water partition coefficient (Wildman–Crippen LogP) is 3.74. The van der Waals surface area contributed by atoms with E-state index in [0.29, 0.717) is 26.1 Å². The van der Waals surface area contributed by atoms with E-state index in [9.17, 15) is 4.79 Å². The molecule has 0 heterocycles. The average molecular weight is 284 g/mol. The Balaban J connectivity index is 1.65. The quantitative estimate of drug-likeness (QED) is 0.658. The van der Waals surface area contributed by atoms with E-state index in [4.69, 9.17) is 9.47 Å². The van der Waals surface area contributed by atoms with Gasteiger partial charge in [-0.3, -0.25) is 0 Å². The summed E-state index contributed by atoms with van der Waals surface area (Å²) in [5, 5.41) is 0. The molecule has 21 heavy (non-hydrogen) atoms. The average Bonchev–Trinajstić information content (AvgIpc) is 2.55. The maximum atomic E-state index is 11.1. The van der Waals surface area contributed by atoms with E-state index in [-0.39, 0.29) is 5.92 Å². The van der Waals surface area contributed by atoms with Crippen molar-refractivity contribution in [2.75, 3.05) is 13.2 Å². The van der Waals surface area contributed by atoms with Crippen LogP contribution in [0.1, 0.15) is 12.8 Å². The van der Waals surface area contributed by atoms with Gasteiger partial charge < -0.3 is 14.3 Å². The summed E-state index contributed by atoms with van der Waals surface area (Å²) in [5.74, 6) is 1.64. The van der Waals surface area contributed by atoms with Gasteiger partial charge in [0.1, 0.15) is 17.8 Å². The number of benzene rings is 2. The Morgan fingerprint density at radius 1 is 0.762 bits per heavy atom. The third-order valence-electron chi connectivity index (χ3n) is 3.19. The van der Waals surface area contributed by atoms with Gasteiger partial charge in [-0.2, -0.15) is 0 Å². The second-order valence-corrected chi connectivity index (χ2v) is 4.80. The van der Waals surface area contributed by atoms with E-state index >= 15 is 0 Å². The summed E-state index contributed by atoms with van der Waals surface area (Å²) in [4.78, 5) is 11.1. The summed E-state index contributed by atoms with van der Waals surface area (Å²) in [6.07, 6.45) is 2.40. The van der Waals surface area contributed by atoms with Crippen molar-refractivity contribution >= 4 is 6.29 Å². The van der Waals surface area contributed by atoms with Crippen molar-refractivity contribution in [3.05, 3.63) is 60.7 Å². The molecule has 0 fully saturated rings. The molecule has 0 aromatic heterocycles. The molecule has 0 amide bonds. The Hall–Kier alpha value is -2.29. The van der Waals surface area contributed by atoms with Gasteiger partial charge in [0.2, 0.25) is 0 Å². The number of para-hydroxylation sites is 2. The first-order chi connectivity index (χ1) is 10.4. The van der Waals surface area contributed by atoms with Crippen molar-refractivity contribution in [3.8, 4) is 11.5 Å². The van der Waals surface area contributed by atoms with Crippen LogP contribution in [0.25, 0.3) is 0 Å². The minimum absolute atomic E-state index is 0.0302. The molecular formula is C18H20O3. The van der Waals surface area contributed by atoms with Gasteiger partial charge >= 0.3 is 0 Å². The number of ether oxygens (including phenoxy) is 2. The number of hydrogen-bond acceptors (Lipinski definition) is 3. The molecule has 3 heteroatoms. The zero-order valence-electron chi connectivity index (χ0n) is 12.0. The molecule has 2 aromatic carbocycles. The summed E-state index contributed by atoms with van der Waals surface area (Å²) in [5.41, 5.74) is 0. The van der Waals surface area contributed by atoms with E-state index in [1.54, 1.807) is 0 Å². The Morgan fingerprint density at radius 3 is 1.57 bits per heavy atom. The number of carbonyl (C=O) groups excluding carboxylic acids is 1. The predicted molar refractivity (Wildman–Crippen MR) is 82.7 cm³/mol. The number of rotatable bonds is 9. The van der Waals surface area contributed by atoms with Crippen LogP contribution in [0.4, 0.5) is 0 Å². The lowest BCUT2D eigenvalue weighted by atomic mass is 10.0. The number of carbonyl (C=O) groups is 1. The van der Waals surface area contributed by atoms with E-state index < -0.39 is 0 Å². The zero-order valence-corrected chi connectivity index (χ0v) is 12.0. The van der Waals surface area contributed by atoms with Crippen molar-refractivity contribution < 1.29 is 14.3 Å². The van der Waals surface area contributed by atoms with Crippen LogP contribution in [0.3, 0.4) is 0 Å². The van der Waals surface area contributed by atoms with E-state index in [1.807, 2.05) is 60.7 Å². The first-order valence-electron chi connectivity index (χ1n) is 7.19. The van der Waals surface area contributed by atoms with Crippen LogP contribution in [0.5, 0.6) is 11.5 Å². The van der Waals surface area contributed by atoms with E-state index in [2.05, 4.69) is 0 Å².